The molecule has 170 valence electrons. The maximum atomic E-state index is 14.5. The predicted molar refractivity (Wildman–Crippen MR) is 126 cm³/mol. The normalized spacial score (nSPS) is 27.6. The first-order valence-electron chi connectivity index (χ1n) is 11.8. The summed E-state index contributed by atoms with van der Waals surface area (Å²) in [5, 5.41) is 12.6. The summed E-state index contributed by atoms with van der Waals surface area (Å²) in [5.74, 6) is 3.47. The molecule has 0 spiro atoms. The Bertz CT molecular complexity index is 1140. The SMILES string of the molecule is O=C(CSc1nnc(-c2ccccc2F)n1-c1ccccc1)NC1C2CC3CC(C2)CC1C3. The van der Waals surface area contributed by atoms with Gasteiger partial charge in [-0.1, -0.05) is 42.1 Å². The molecule has 1 aromatic heterocycles. The van der Waals surface area contributed by atoms with Crippen LogP contribution in [-0.4, -0.2) is 32.5 Å². The second-order valence-electron chi connectivity index (χ2n) is 9.77. The summed E-state index contributed by atoms with van der Waals surface area (Å²) in [4.78, 5) is 12.9. The lowest BCUT2D eigenvalue weighted by molar-refractivity contribution is -0.122. The quantitative estimate of drug-likeness (QED) is 0.518. The van der Waals surface area contributed by atoms with Gasteiger partial charge in [-0.2, -0.15) is 0 Å². The van der Waals surface area contributed by atoms with Gasteiger partial charge in [-0.25, -0.2) is 4.39 Å². The number of aromatic nitrogens is 3. The average Bonchev–Trinajstić information content (AvgIpc) is 3.24. The molecule has 33 heavy (non-hydrogen) atoms. The molecule has 0 aliphatic heterocycles. The summed E-state index contributed by atoms with van der Waals surface area (Å²) in [7, 11) is 0. The Morgan fingerprint density at radius 3 is 2.30 bits per heavy atom. The third-order valence-corrected chi connectivity index (χ3v) is 8.58. The molecule has 3 aromatic rings. The van der Waals surface area contributed by atoms with E-state index in [0.29, 0.717) is 34.4 Å². The summed E-state index contributed by atoms with van der Waals surface area (Å²) in [6, 6.07) is 16.5. The monoisotopic (exact) mass is 462 g/mol. The molecular formula is C26H27FN4OS. The Morgan fingerprint density at radius 1 is 0.939 bits per heavy atom. The number of nitrogens with one attached hydrogen (secondary N) is 1. The summed E-state index contributed by atoms with van der Waals surface area (Å²) in [6.07, 6.45) is 6.51. The van der Waals surface area contributed by atoms with Gasteiger partial charge in [-0.05, 0) is 80.0 Å². The van der Waals surface area contributed by atoms with Crippen molar-refractivity contribution >= 4 is 17.7 Å². The van der Waals surface area contributed by atoms with Crippen molar-refractivity contribution in [2.24, 2.45) is 23.7 Å². The lowest BCUT2D eigenvalue weighted by Crippen LogP contribution is -2.56. The zero-order valence-corrected chi connectivity index (χ0v) is 19.2. The smallest absolute Gasteiger partial charge is 0.230 e. The predicted octanol–water partition coefficient (Wildman–Crippen LogP) is 5.11. The van der Waals surface area contributed by atoms with Gasteiger partial charge < -0.3 is 5.32 Å². The van der Waals surface area contributed by atoms with E-state index in [0.717, 1.165) is 17.5 Å². The maximum absolute atomic E-state index is 14.5. The molecule has 7 rings (SSSR count). The molecule has 1 heterocycles. The van der Waals surface area contributed by atoms with Crippen LogP contribution >= 0.6 is 11.8 Å². The molecule has 4 fully saturated rings. The van der Waals surface area contributed by atoms with Crippen molar-refractivity contribution in [3.05, 3.63) is 60.4 Å². The Hall–Kier alpha value is -2.67. The third-order valence-electron chi connectivity index (χ3n) is 7.65. The lowest BCUT2D eigenvalue weighted by Gasteiger charge is -2.54. The van der Waals surface area contributed by atoms with E-state index in [9.17, 15) is 9.18 Å². The van der Waals surface area contributed by atoms with Gasteiger partial charge in [-0.3, -0.25) is 9.36 Å². The van der Waals surface area contributed by atoms with Gasteiger partial charge in [-0.15, -0.1) is 10.2 Å². The molecule has 4 aliphatic rings. The third kappa shape index (κ3) is 3.97. The topological polar surface area (TPSA) is 59.8 Å². The highest BCUT2D eigenvalue weighted by Crippen LogP contribution is 2.53. The highest BCUT2D eigenvalue weighted by atomic mass is 32.2. The van der Waals surface area contributed by atoms with Crippen molar-refractivity contribution in [1.29, 1.82) is 0 Å². The minimum atomic E-state index is -0.349. The number of hydrogen-bond acceptors (Lipinski definition) is 4. The summed E-state index contributed by atoms with van der Waals surface area (Å²) < 4.78 is 16.4. The summed E-state index contributed by atoms with van der Waals surface area (Å²) in [5.41, 5.74) is 1.23. The van der Waals surface area contributed by atoms with Crippen molar-refractivity contribution in [3.8, 4) is 17.1 Å². The molecule has 4 saturated carbocycles. The highest BCUT2D eigenvalue weighted by Gasteiger charge is 2.48. The van der Waals surface area contributed by atoms with Gasteiger partial charge in [0.2, 0.25) is 5.91 Å². The van der Waals surface area contributed by atoms with Crippen LogP contribution in [0.4, 0.5) is 4.39 Å². The van der Waals surface area contributed by atoms with Crippen molar-refractivity contribution in [3.63, 3.8) is 0 Å². The van der Waals surface area contributed by atoms with Crippen LogP contribution in [0.15, 0.2) is 59.8 Å². The fraction of sp³-hybridized carbons (Fsp3) is 0.423. The van der Waals surface area contributed by atoms with Gasteiger partial charge in [0.15, 0.2) is 11.0 Å². The summed E-state index contributed by atoms with van der Waals surface area (Å²) >= 11 is 1.35. The summed E-state index contributed by atoms with van der Waals surface area (Å²) in [6.45, 7) is 0. The molecule has 2 aromatic carbocycles. The highest BCUT2D eigenvalue weighted by molar-refractivity contribution is 7.99. The standard InChI is InChI=1S/C26H27FN4OS/c27-22-9-5-4-8-21(22)25-29-30-26(31(25)20-6-2-1-3-7-20)33-15-23(32)28-24-18-11-16-10-17(13-18)14-19(24)12-16/h1-9,16-19,24H,10-15H2,(H,28,32). The zero-order valence-electron chi connectivity index (χ0n) is 18.4. The number of carbonyl (C=O) groups excluding carboxylic acids is 1. The molecular weight excluding hydrogens is 435 g/mol. The first-order valence-corrected chi connectivity index (χ1v) is 12.8. The Balaban J connectivity index is 1.21. The van der Waals surface area contributed by atoms with Crippen LogP contribution in [0.25, 0.3) is 17.1 Å². The number of carbonyl (C=O) groups is 1. The van der Waals surface area contributed by atoms with Crippen molar-refractivity contribution in [2.75, 3.05) is 5.75 Å². The van der Waals surface area contributed by atoms with E-state index in [-0.39, 0.29) is 17.5 Å². The van der Waals surface area contributed by atoms with Crippen LogP contribution in [0.2, 0.25) is 0 Å². The average molecular weight is 463 g/mol. The van der Waals surface area contributed by atoms with Crippen molar-refractivity contribution < 1.29 is 9.18 Å². The van der Waals surface area contributed by atoms with Gasteiger partial charge in [0.1, 0.15) is 5.82 Å². The van der Waals surface area contributed by atoms with Gasteiger partial charge in [0.05, 0.1) is 11.3 Å². The molecule has 0 atom stereocenters. The Morgan fingerprint density at radius 2 is 1.61 bits per heavy atom. The molecule has 0 saturated heterocycles. The lowest BCUT2D eigenvalue weighted by atomic mass is 9.54. The maximum Gasteiger partial charge on any atom is 0.230 e. The van der Waals surface area contributed by atoms with E-state index >= 15 is 0 Å². The second kappa shape index (κ2) is 8.60. The molecule has 0 radical (unpaired) electrons. The first-order chi connectivity index (χ1) is 16.2. The number of nitrogens with zero attached hydrogens (tertiary/aromatic N) is 3. The van der Waals surface area contributed by atoms with Crippen LogP contribution < -0.4 is 5.32 Å². The zero-order chi connectivity index (χ0) is 22.4. The van der Waals surface area contributed by atoms with E-state index in [1.54, 1.807) is 18.2 Å². The van der Waals surface area contributed by atoms with Crippen molar-refractivity contribution in [1.82, 2.24) is 20.1 Å². The molecule has 4 aliphatic carbocycles. The van der Waals surface area contributed by atoms with E-state index < -0.39 is 0 Å². The molecule has 1 amide bonds. The molecule has 5 nitrogen and oxygen atoms in total. The largest absolute Gasteiger partial charge is 0.352 e. The van der Waals surface area contributed by atoms with Crippen LogP contribution in [0.3, 0.4) is 0 Å². The number of halogens is 1. The Labute approximate surface area is 197 Å². The molecule has 4 bridgehead atoms. The van der Waals surface area contributed by atoms with E-state index in [4.69, 9.17) is 0 Å². The number of hydrogen-bond donors (Lipinski definition) is 1. The van der Waals surface area contributed by atoms with E-state index in [1.165, 1.54) is 49.9 Å². The van der Waals surface area contributed by atoms with Crippen LogP contribution in [0, 0.1) is 29.5 Å². The minimum Gasteiger partial charge on any atom is -0.352 e. The molecule has 0 unspecified atom stereocenters. The minimum absolute atomic E-state index is 0.0486. The van der Waals surface area contributed by atoms with E-state index in [2.05, 4.69) is 15.5 Å². The number of thioether (sulfide) groups is 1. The number of benzene rings is 2. The molecule has 7 heteroatoms. The van der Waals surface area contributed by atoms with Crippen LogP contribution in [-0.2, 0) is 4.79 Å². The van der Waals surface area contributed by atoms with Crippen molar-refractivity contribution in [2.45, 2.75) is 43.3 Å². The van der Waals surface area contributed by atoms with E-state index in [1.807, 2.05) is 34.9 Å². The second-order valence-corrected chi connectivity index (χ2v) is 10.7. The van der Waals surface area contributed by atoms with Gasteiger partial charge >= 0.3 is 0 Å². The number of rotatable bonds is 6. The molecule has 1 N–H and O–H groups in total. The number of para-hydroxylation sites is 1. The van der Waals surface area contributed by atoms with Crippen LogP contribution in [0.1, 0.15) is 32.1 Å². The first kappa shape index (κ1) is 20.9. The fourth-order valence-corrected chi connectivity index (χ4v) is 7.27. The van der Waals surface area contributed by atoms with Gasteiger partial charge in [0.25, 0.3) is 0 Å². The number of amides is 1. The Kier molecular flexibility index (Phi) is 5.45. The fourth-order valence-electron chi connectivity index (χ4n) is 6.51. The van der Waals surface area contributed by atoms with Gasteiger partial charge in [0, 0.05) is 11.7 Å². The van der Waals surface area contributed by atoms with Crippen LogP contribution in [0.5, 0.6) is 0 Å².